The molecule has 0 aliphatic rings. The van der Waals surface area contributed by atoms with Crippen LogP contribution in [0.15, 0.2) is 22.7 Å². The SMILES string of the molecule is CCCOCC(NN)c1ccc(Br)c(C(F)(F)F)c1. The normalized spacial score (nSPS) is 13.6. The topological polar surface area (TPSA) is 47.3 Å². The van der Waals surface area contributed by atoms with Crippen molar-refractivity contribution in [1.29, 1.82) is 0 Å². The van der Waals surface area contributed by atoms with Crippen molar-refractivity contribution < 1.29 is 17.9 Å². The molecule has 1 rings (SSSR count). The smallest absolute Gasteiger partial charge is 0.379 e. The highest BCUT2D eigenvalue weighted by atomic mass is 79.9. The van der Waals surface area contributed by atoms with E-state index in [1.54, 1.807) is 6.07 Å². The van der Waals surface area contributed by atoms with E-state index in [0.29, 0.717) is 12.2 Å². The first-order valence-corrected chi connectivity index (χ1v) is 6.60. The maximum Gasteiger partial charge on any atom is 0.417 e. The highest BCUT2D eigenvalue weighted by molar-refractivity contribution is 9.10. The summed E-state index contributed by atoms with van der Waals surface area (Å²) in [6, 6.07) is 3.55. The van der Waals surface area contributed by atoms with Crippen LogP contribution in [-0.4, -0.2) is 13.2 Å². The van der Waals surface area contributed by atoms with E-state index in [2.05, 4.69) is 21.4 Å². The van der Waals surface area contributed by atoms with Crippen molar-refractivity contribution in [2.45, 2.75) is 25.6 Å². The van der Waals surface area contributed by atoms with Gasteiger partial charge in [0.15, 0.2) is 0 Å². The Kier molecular flexibility index (Phi) is 6.25. The lowest BCUT2D eigenvalue weighted by molar-refractivity contribution is -0.138. The first-order valence-electron chi connectivity index (χ1n) is 5.80. The molecule has 0 bridgehead atoms. The van der Waals surface area contributed by atoms with Gasteiger partial charge in [0.1, 0.15) is 0 Å². The van der Waals surface area contributed by atoms with Crippen LogP contribution in [0.1, 0.15) is 30.5 Å². The predicted octanol–water partition coefficient (Wildman–Crippen LogP) is 3.40. The molecule has 3 nitrogen and oxygen atoms in total. The van der Waals surface area contributed by atoms with Crippen molar-refractivity contribution >= 4 is 15.9 Å². The second kappa shape index (κ2) is 7.23. The molecule has 3 N–H and O–H groups in total. The largest absolute Gasteiger partial charge is 0.417 e. The number of hydrogen-bond acceptors (Lipinski definition) is 3. The number of hydrogen-bond donors (Lipinski definition) is 2. The summed E-state index contributed by atoms with van der Waals surface area (Å²) in [6.45, 7) is 2.72. The number of nitrogens with two attached hydrogens (primary N) is 1. The molecule has 0 aliphatic carbocycles. The van der Waals surface area contributed by atoms with Crippen LogP contribution >= 0.6 is 15.9 Å². The Morgan fingerprint density at radius 3 is 2.63 bits per heavy atom. The molecule has 0 amide bonds. The van der Waals surface area contributed by atoms with Crippen molar-refractivity contribution in [3.8, 4) is 0 Å². The highest BCUT2D eigenvalue weighted by Gasteiger charge is 2.33. The van der Waals surface area contributed by atoms with Gasteiger partial charge in [-0.05, 0) is 24.1 Å². The van der Waals surface area contributed by atoms with Gasteiger partial charge in [0.05, 0.1) is 18.2 Å². The Labute approximate surface area is 118 Å². The number of ether oxygens (including phenoxy) is 1. The van der Waals surface area contributed by atoms with Gasteiger partial charge >= 0.3 is 6.18 Å². The molecule has 0 saturated carbocycles. The molecule has 1 unspecified atom stereocenters. The van der Waals surface area contributed by atoms with Gasteiger partial charge in [0.25, 0.3) is 0 Å². The first kappa shape index (κ1) is 16.4. The Morgan fingerprint density at radius 1 is 1.42 bits per heavy atom. The molecule has 1 aromatic carbocycles. The summed E-state index contributed by atoms with van der Waals surface area (Å²) >= 11 is 2.90. The van der Waals surface area contributed by atoms with Crippen LogP contribution < -0.4 is 11.3 Å². The van der Waals surface area contributed by atoms with Crippen LogP contribution in [0, 0.1) is 0 Å². The standard InChI is InChI=1S/C12H16BrF3N2O/c1-2-5-19-7-11(18-17)8-3-4-10(13)9(6-8)12(14,15)16/h3-4,6,11,18H,2,5,7,17H2,1H3. The molecule has 0 spiro atoms. The fourth-order valence-corrected chi connectivity index (χ4v) is 2.03. The molecule has 0 aliphatic heterocycles. The van der Waals surface area contributed by atoms with Crippen molar-refractivity contribution in [1.82, 2.24) is 5.43 Å². The summed E-state index contributed by atoms with van der Waals surface area (Å²) in [5.41, 5.74) is 2.19. The maximum atomic E-state index is 12.8. The van der Waals surface area contributed by atoms with Crippen molar-refractivity contribution in [2.75, 3.05) is 13.2 Å². The third-order valence-corrected chi connectivity index (χ3v) is 3.22. The minimum absolute atomic E-state index is 0.00833. The van der Waals surface area contributed by atoms with Crippen molar-refractivity contribution in [3.05, 3.63) is 33.8 Å². The van der Waals surface area contributed by atoms with Gasteiger partial charge < -0.3 is 4.74 Å². The number of alkyl halides is 3. The maximum absolute atomic E-state index is 12.8. The quantitative estimate of drug-likeness (QED) is 0.474. The lowest BCUT2D eigenvalue weighted by Crippen LogP contribution is -2.31. The summed E-state index contributed by atoms with van der Waals surface area (Å²) in [5, 5.41) is 0. The molecule has 7 heteroatoms. The molecule has 0 radical (unpaired) electrons. The molecule has 1 aromatic rings. The van der Waals surface area contributed by atoms with Crippen LogP contribution in [0.4, 0.5) is 13.2 Å². The zero-order valence-corrected chi connectivity index (χ0v) is 12.0. The van der Waals surface area contributed by atoms with Crippen LogP contribution in [0.25, 0.3) is 0 Å². The van der Waals surface area contributed by atoms with E-state index >= 15 is 0 Å². The van der Waals surface area contributed by atoms with E-state index in [9.17, 15) is 13.2 Å². The van der Waals surface area contributed by atoms with Crippen molar-refractivity contribution in [3.63, 3.8) is 0 Å². The van der Waals surface area contributed by atoms with Gasteiger partial charge in [-0.2, -0.15) is 13.2 Å². The fraction of sp³-hybridized carbons (Fsp3) is 0.500. The van der Waals surface area contributed by atoms with Gasteiger partial charge in [0.2, 0.25) is 0 Å². The van der Waals surface area contributed by atoms with Crippen LogP contribution in [0.2, 0.25) is 0 Å². The van der Waals surface area contributed by atoms with E-state index in [-0.39, 0.29) is 11.1 Å². The molecular formula is C12H16BrF3N2O. The number of hydrazine groups is 1. The van der Waals surface area contributed by atoms with Crippen molar-refractivity contribution in [2.24, 2.45) is 5.84 Å². The lowest BCUT2D eigenvalue weighted by atomic mass is 10.0. The molecule has 0 fully saturated rings. The average Bonchev–Trinajstić information content (AvgIpc) is 2.34. The van der Waals surface area contributed by atoms with E-state index in [0.717, 1.165) is 12.5 Å². The van der Waals surface area contributed by atoms with E-state index < -0.39 is 17.8 Å². The minimum Gasteiger partial charge on any atom is -0.379 e. The van der Waals surface area contributed by atoms with Crippen LogP contribution in [0.3, 0.4) is 0 Å². The summed E-state index contributed by atoms with van der Waals surface area (Å²) in [7, 11) is 0. The monoisotopic (exact) mass is 340 g/mol. The van der Waals surface area contributed by atoms with Gasteiger partial charge in [0, 0.05) is 11.1 Å². The molecule has 108 valence electrons. The van der Waals surface area contributed by atoms with E-state index in [1.807, 2.05) is 6.92 Å². The van der Waals surface area contributed by atoms with E-state index in [4.69, 9.17) is 10.6 Å². The van der Waals surface area contributed by atoms with Gasteiger partial charge in [-0.3, -0.25) is 11.3 Å². The molecule has 19 heavy (non-hydrogen) atoms. The molecular weight excluding hydrogens is 325 g/mol. The first-order chi connectivity index (χ1) is 8.90. The third kappa shape index (κ3) is 4.76. The summed E-state index contributed by atoms with van der Waals surface area (Å²) in [6.07, 6.45) is -3.57. The summed E-state index contributed by atoms with van der Waals surface area (Å²) in [4.78, 5) is 0. The second-order valence-corrected chi connectivity index (χ2v) is 4.89. The molecule has 0 aromatic heterocycles. The number of halogens is 4. The predicted molar refractivity (Wildman–Crippen MR) is 70.3 cm³/mol. The lowest BCUT2D eigenvalue weighted by Gasteiger charge is -2.18. The molecule has 0 saturated heterocycles. The molecule has 1 atom stereocenters. The zero-order valence-electron chi connectivity index (χ0n) is 10.4. The average molecular weight is 341 g/mol. The van der Waals surface area contributed by atoms with Crippen LogP contribution in [-0.2, 0) is 10.9 Å². The highest BCUT2D eigenvalue weighted by Crippen LogP contribution is 2.36. The Balaban J connectivity index is 2.93. The minimum atomic E-state index is -4.40. The van der Waals surface area contributed by atoms with Gasteiger partial charge in [-0.25, -0.2) is 0 Å². The molecule has 0 heterocycles. The van der Waals surface area contributed by atoms with E-state index in [1.165, 1.54) is 6.07 Å². The van der Waals surface area contributed by atoms with Gasteiger partial charge in [-0.15, -0.1) is 0 Å². The zero-order chi connectivity index (χ0) is 14.5. The third-order valence-electron chi connectivity index (χ3n) is 2.53. The Bertz CT molecular complexity index is 412. The summed E-state index contributed by atoms with van der Waals surface area (Å²) < 4.78 is 43.7. The summed E-state index contributed by atoms with van der Waals surface area (Å²) in [5.74, 6) is 5.36. The van der Waals surface area contributed by atoms with Crippen LogP contribution in [0.5, 0.6) is 0 Å². The second-order valence-electron chi connectivity index (χ2n) is 4.03. The number of benzene rings is 1. The van der Waals surface area contributed by atoms with Gasteiger partial charge in [-0.1, -0.05) is 28.9 Å². The fourth-order valence-electron chi connectivity index (χ4n) is 1.56. The Hall–Kier alpha value is -0.630. The number of nitrogens with one attached hydrogen (secondary N) is 1. The number of rotatable bonds is 6. The Morgan fingerprint density at radius 2 is 2.11 bits per heavy atom.